The summed E-state index contributed by atoms with van der Waals surface area (Å²) in [6.07, 6.45) is 0. The minimum atomic E-state index is -0.320. The Balaban J connectivity index is 1.73. The number of aromatic nitrogens is 5. The number of hydrogen-bond donors (Lipinski definition) is 2. The summed E-state index contributed by atoms with van der Waals surface area (Å²) in [7, 11) is 1.50. The third kappa shape index (κ3) is 3.74. The van der Waals surface area contributed by atoms with Crippen LogP contribution in [0, 0.1) is 6.92 Å². The SMILES string of the molecule is COc1ccc(C)nc1C(=O)NCc1ccc(-c2nn[nH]n2)c(Cl)c1. The van der Waals surface area contributed by atoms with Gasteiger partial charge < -0.3 is 10.1 Å². The molecule has 2 N–H and O–H groups in total. The third-order valence-electron chi connectivity index (χ3n) is 3.51. The molecule has 0 radical (unpaired) electrons. The van der Waals surface area contributed by atoms with E-state index >= 15 is 0 Å². The largest absolute Gasteiger partial charge is 0.494 e. The Hall–Kier alpha value is -3.00. The minimum Gasteiger partial charge on any atom is -0.494 e. The van der Waals surface area contributed by atoms with Crippen molar-refractivity contribution in [3.8, 4) is 17.1 Å². The normalized spacial score (nSPS) is 10.5. The number of pyridine rings is 1. The van der Waals surface area contributed by atoms with Crippen molar-refractivity contribution in [1.29, 1.82) is 0 Å². The number of aromatic amines is 1. The van der Waals surface area contributed by atoms with Gasteiger partial charge in [-0.25, -0.2) is 4.98 Å². The summed E-state index contributed by atoms with van der Waals surface area (Å²) in [5.41, 5.74) is 2.47. The first-order valence-electron chi connectivity index (χ1n) is 7.40. The second-order valence-electron chi connectivity index (χ2n) is 5.24. The topological polar surface area (TPSA) is 106 Å². The van der Waals surface area contributed by atoms with Gasteiger partial charge in [0.2, 0.25) is 5.82 Å². The van der Waals surface area contributed by atoms with Gasteiger partial charge in [-0.15, -0.1) is 10.2 Å². The Bertz CT molecular complexity index is 898. The molecule has 2 aromatic heterocycles. The van der Waals surface area contributed by atoms with Crippen LogP contribution in [0.2, 0.25) is 5.02 Å². The highest BCUT2D eigenvalue weighted by Crippen LogP contribution is 2.25. The summed E-state index contributed by atoms with van der Waals surface area (Å²) < 4.78 is 5.18. The molecule has 9 heteroatoms. The Morgan fingerprint density at radius 1 is 1.32 bits per heavy atom. The maximum absolute atomic E-state index is 12.4. The van der Waals surface area contributed by atoms with Crippen LogP contribution in [0.3, 0.4) is 0 Å². The molecule has 0 unspecified atom stereocenters. The maximum atomic E-state index is 12.4. The van der Waals surface area contributed by atoms with E-state index < -0.39 is 0 Å². The fourth-order valence-corrected chi connectivity index (χ4v) is 2.55. The van der Waals surface area contributed by atoms with E-state index in [-0.39, 0.29) is 11.6 Å². The number of carbonyl (C=O) groups is 1. The summed E-state index contributed by atoms with van der Waals surface area (Å²) in [6.45, 7) is 2.11. The predicted molar refractivity (Wildman–Crippen MR) is 91.3 cm³/mol. The van der Waals surface area contributed by atoms with Gasteiger partial charge in [-0.1, -0.05) is 17.7 Å². The highest BCUT2D eigenvalue weighted by atomic mass is 35.5. The van der Waals surface area contributed by atoms with Crippen molar-refractivity contribution in [2.75, 3.05) is 7.11 Å². The number of aryl methyl sites for hydroxylation is 1. The van der Waals surface area contributed by atoms with E-state index in [1.165, 1.54) is 7.11 Å². The molecule has 0 aliphatic rings. The average Bonchev–Trinajstić information content (AvgIpc) is 3.14. The Morgan fingerprint density at radius 2 is 2.16 bits per heavy atom. The second kappa shape index (κ2) is 7.27. The van der Waals surface area contributed by atoms with Crippen LogP contribution in [0.1, 0.15) is 21.7 Å². The zero-order chi connectivity index (χ0) is 17.8. The summed E-state index contributed by atoms with van der Waals surface area (Å²) in [5.74, 6) is 0.516. The van der Waals surface area contributed by atoms with Crippen molar-refractivity contribution in [2.45, 2.75) is 13.5 Å². The number of nitrogens with zero attached hydrogens (tertiary/aromatic N) is 4. The molecule has 0 fully saturated rings. The first kappa shape index (κ1) is 16.8. The van der Waals surface area contributed by atoms with E-state index in [1.807, 2.05) is 13.0 Å². The van der Waals surface area contributed by atoms with E-state index in [4.69, 9.17) is 16.3 Å². The molecule has 25 heavy (non-hydrogen) atoms. The third-order valence-corrected chi connectivity index (χ3v) is 3.82. The summed E-state index contributed by atoms with van der Waals surface area (Å²) in [4.78, 5) is 16.6. The van der Waals surface area contributed by atoms with Crippen molar-refractivity contribution < 1.29 is 9.53 Å². The Kier molecular flexibility index (Phi) is 4.90. The van der Waals surface area contributed by atoms with Crippen molar-refractivity contribution in [3.05, 3.63) is 52.3 Å². The van der Waals surface area contributed by atoms with E-state index in [0.29, 0.717) is 28.7 Å². The number of H-pyrrole nitrogens is 1. The van der Waals surface area contributed by atoms with Gasteiger partial charge in [0.15, 0.2) is 5.69 Å². The second-order valence-corrected chi connectivity index (χ2v) is 5.64. The molecule has 0 saturated heterocycles. The lowest BCUT2D eigenvalue weighted by molar-refractivity contribution is 0.0942. The molecule has 0 aliphatic heterocycles. The average molecular weight is 359 g/mol. The molecule has 0 saturated carbocycles. The lowest BCUT2D eigenvalue weighted by Gasteiger charge is -2.10. The highest BCUT2D eigenvalue weighted by Gasteiger charge is 2.15. The molecule has 0 atom stereocenters. The predicted octanol–water partition coefficient (Wildman–Crippen LogP) is 2.16. The van der Waals surface area contributed by atoms with Crippen LogP contribution in [0.5, 0.6) is 5.75 Å². The number of hydrogen-bond acceptors (Lipinski definition) is 6. The molecule has 1 amide bonds. The van der Waals surface area contributed by atoms with Gasteiger partial charge in [0.1, 0.15) is 5.75 Å². The van der Waals surface area contributed by atoms with Crippen molar-refractivity contribution in [3.63, 3.8) is 0 Å². The standard InChI is InChI=1S/C16H15ClN6O2/c1-9-3-6-13(25-2)14(19-9)16(24)18-8-10-4-5-11(12(17)7-10)15-20-22-23-21-15/h3-7H,8H2,1-2H3,(H,18,24)(H,20,21,22,23). The molecule has 128 valence electrons. The number of methoxy groups -OCH3 is 1. The van der Waals surface area contributed by atoms with E-state index in [9.17, 15) is 4.79 Å². The first-order chi connectivity index (χ1) is 12.1. The van der Waals surface area contributed by atoms with Gasteiger partial charge >= 0.3 is 0 Å². The van der Waals surface area contributed by atoms with Gasteiger partial charge in [0, 0.05) is 17.8 Å². The number of benzene rings is 1. The molecular weight excluding hydrogens is 344 g/mol. The molecule has 2 heterocycles. The Morgan fingerprint density at radius 3 is 2.84 bits per heavy atom. The smallest absolute Gasteiger partial charge is 0.274 e. The van der Waals surface area contributed by atoms with Crippen LogP contribution in [0.4, 0.5) is 0 Å². The van der Waals surface area contributed by atoms with Crippen LogP contribution in [0.25, 0.3) is 11.4 Å². The zero-order valence-corrected chi connectivity index (χ0v) is 14.3. The van der Waals surface area contributed by atoms with Crippen LogP contribution < -0.4 is 10.1 Å². The summed E-state index contributed by atoms with van der Waals surface area (Å²) >= 11 is 6.25. The van der Waals surface area contributed by atoms with Crippen LogP contribution >= 0.6 is 11.6 Å². The monoisotopic (exact) mass is 358 g/mol. The van der Waals surface area contributed by atoms with Gasteiger partial charge in [-0.2, -0.15) is 5.21 Å². The van der Waals surface area contributed by atoms with E-state index in [1.54, 1.807) is 24.3 Å². The summed E-state index contributed by atoms with van der Waals surface area (Å²) in [6, 6.07) is 8.85. The minimum absolute atomic E-state index is 0.247. The number of tetrazole rings is 1. The van der Waals surface area contributed by atoms with Crippen LogP contribution in [-0.2, 0) is 6.54 Å². The molecular formula is C16H15ClN6O2. The van der Waals surface area contributed by atoms with Gasteiger partial charge in [0.05, 0.1) is 12.1 Å². The molecule has 0 aliphatic carbocycles. The molecule has 3 aromatic rings. The first-order valence-corrected chi connectivity index (χ1v) is 7.78. The quantitative estimate of drug-likeness (QED) is 0.724. The highest BCUT2D eigenvalue weighted by molar-refractivity contribution is 6.33. The number of amides is 1. The molecule has 0 spiro atoms. The van der Waals surface area contributed by atoms with Gasteiger partial charge in [-0.05, 0) is 42.0 Å². The molecule has 3 rings (SSSR count). The fourth-order valence-electron chi connectivity index (χ4n) is 2.26. The van der Waals surface area contributed by atoms with Crippen LogP contribution in [-0.4, -0.2) is 38.6 Å². The Labute approximate surface area is 148 Å². The number of ether oxygens (including phenoxy) is 1. The number of rotatable bonds is 5. The molecule has 0 bridgehead atoms. The lowest BCUT2D eigenvalue weighted by Crippen LogP contribution is -2.24. The summed E-state index contributed by atoms with van der Waals surface area (Å²) in [5, 5.41) is 17.0. The van der Waals surface area contributed by atoms with E-state index in [0.717, 1.165) is 11.3 Å². The zero-order valence-electron chi connectivity index (χ0n) is 13.6. The van der Waals surface area contributed by atoms with Gasteiger partial charge in [-0.3, -0.25) is 4.79 Å². The molecule has 8 nitrogen and oxygen atoms in total. The lowest BCUT2D eigenvalue weighted by atomic mass is 10.1. The van der Waals surface area contributed by atoms with E-state index in [2.05, 4.69) is 30.9 Å². The number of nitrogens with one attached hydrogen (secondary N) is 2. The number of halogens is 1. The van der Waals surface area contributed by atoms with Crippen molar-refractivity contribution >= 4 is 17.5 Å². The molecule has 1 aromatic carbocycles. The van der Waals surface area contributed by atoms with Gasteiger partial charge in [0.25, 0.3) is 5.91 Å². The maximum Gasteiger partial charge on any atom is 0.274 e. The van der Waals surface area contributed by atoms with Crippen molar-refractivity contribution in [1.82, 2.24) is 30.9 Å². The fraction of sp³-hybridized carbons (Fsp3) is 0.188. The van der Waals surface area contributed by atoms with Crippen LogP contribution in [0.15, 0.2) is 30.3 Å². The van der Waals surface area contributed by atoms with Crippen molar-refractivity contribution in [2.24, 2.45) is 0 Å². The number of carbonyl (C=O) groups excluding carboxylic acids is 1.